The number of anilines is 2. The van der Waals surface area contributed by atoms with Crippen LogP contribution in [0.2, 0.25) is 0 Å². The van der Waals surface area contributed by atoms with Gasteiger partial charge in [0.15, 0.2) is 0 Å². The van der Waals surface area contributed by atoms with Crippen LogP contribution in [-0.4, -0.2) is 50.4 Å². The van der Waals surface area contributed by atoms with Gasteiger partial charge in [0.05, 0.1) is 23.7 Å². The molecule has 9 nitrogen and oxygen atoms in total. The Kier molecular flexibility index (Phi) is 9.92. The number of halogens is 6. The summed E-state index contributed by atoms with van der Waals surface area (Å²) in [4.78, 5) is 21.2. The molecule has 0 bridgehead atoms. The second kappa shape index (κ2) is 13.7. The van der Waals surface area contributed by atoms with Gasteiger partial charge in [-0.15, -0.1) is 5.10 Å². The molecule has 1 aliphatic rings. The Labute approximate surface area is 267 Å². The Morgan fingerprint density at radius 3 is 2.17 bits per heavy atom. The molecule has 2 aromatic carbocycles. The third-order valence-corrected chi connectivity index (χ3v) is 8.23. The third-order valence-electron chi connectivity index (χ3n) is 8.23. The molecule has 1 saturated carbocycles. The molecule has 2 aromatic heterocycles. The van der Waals surface area contributed by atoms with Crippen LogP contribution in [0.15, 0.2) is 48.5 Å². The van der Waals surface area contributed by atoms with Crippen molar-refractivity contribution in [3.63, 3.8) is 0 Å². The summed E-state index contributed by atoms with van der Waals surface area (Å²) < 4.78 is 87.5. The fourth-order valence-corrected chi connectivity index (χ4v) is 6.02. The molecule has 0 unspecified atom stereocenters. The van der Waals surface area contributed by atoms with E-state index in [-0.39, 0.29) is 42.7 Å². The summed E-state index contributed by atoms with van der Waals surface area (Å²) in [6.07, 6.45) is -6.87. The SMILES string of the molecule is CCN(CC1CCC(OC(C)=O)CC1)c1nc2ccccc2cc1CN(Cc1cc(C(F)(F)F)cc(C(F)(F)F)c1)c1nnn(C)n1. The molecular formula is C32H35F6N7O2. The number of esters is 1. The van der Waals surface area contributed by atoms with Gasteiger partial charge < -0.3 is 14.5 Å². The van der Waals surface area contributed by atoms with Crippen LogP contribution in [0.5, 0.6) is 0 Å². The van der Waals surface area contributed by atoms with E-state index >= 15 is 0 Å². The average molecular weight is 664 g/mol. The van der Waals surface area contributed by atoms with Crippen molar-refractivity contribution < 1.29 is 35.9 Å². The summed E-state index contributed by atoms with van der Waals surface area (Å²) >= 11 is 0. The number of rotatable bonds is 10. The summed E-state index contributed by atoms with van der Waals surface area (Å²) in [6.45, 7) is 4.31. The van der Waals surface area contributed by atoms with Gasteiger partial charge in [0.1, 0.15) is 11.9 Å². The highest BCUT2D eigenvalue weighted by Crippen LogP contribution is 2.37. The number of hydrogen-bond donors (Lipinski definition) is 0. The van der Waals surface area contributed by atoms with E-state index in [1.807, 2.05) is 37.3 Å². The molecule has 0 saturated heterocycles. The Balaban J connectivity index is 1.51. The monoisotopic (exact) mass is 663 g/mol. The first-order chi connectivity index (χ1) is 22.2. The molecule has 0 amide bonds. The van der Waals surface area contributed by atoms with E-state index in [0.29, 0.717) is 42.5 Å². The normalized spacial score (nSPS) is 17.1. The predicted molar refractivity (Wildman–Crippen MR) is 162 cm³/mol. The Bertz CT molecular complexity index is 1670. The molecule has 252 valence electrons. The summed E-state index contributed by atoms with van der Waals surface area (Å²) in [5.74, 6) is 0.675. The van der Waals surface area contributed by atoms with Crippen LogP contribution in [0, 0.1) is 5.92 Å². The number of aromatic nitrogens is 5. The van der Waals surface area contributed by atoms with Gasteiger partial charge in [0, 0.05) is 44.1 Å². The lowest BCUT2D eigenvalue weighted by atomic mass is 9.87. The molecule has 5 rings (SSSR count). The summed E-state index contributed by atoms with van der Waals surface area (Å²) in [5.41, 5.74) is -1.59. The minimum atomic E-state index is -4.99. The largest absolute Gasteiger partial charge is 0.463 e. The minimum absolute atomic E-state index is 0.0200. The van der Waals surface area contributed by atoms with Gasteiger partial charge in [-0.05, 0) is 79.6 Å². The highest BCUT2D eigenvalue weighted by atomic mass is 19.4. The number of ether oxygens (including phenoxy) is 1. The van der Waals surface area contributed by atoms with Gasteiger partial charge in [-0.1, -0.05) is 23.3 Å². The quantitative estimate of drug-likeness (QED) is 0.133. The molecule has 2 heterocycles. The van der Waals surface area contributed by atoms with Gasteiger partial charge in [-0.3, -0.25) is 4.79 Å². The zero-order valence-corrected chi connectivity index (χ0v) is 26.1. The molecule has 1 fully saturated rings. The number of nitrogens with zero attached hydrogens (tertiary/aromatic N) is 7. The zero-order chi connectivity index (χ0) is 33.9. The number of alkyl halides is 6. The Morgan fingerprint density at radius 2 is 1.60 bits per heavy atom. The average Bonchev–Trinajstić information content (AvgIpc) is 3.45. The molecule has 4 aromatic rings. The van der Waals surface area contributed by atoms with Crippen molar-refractivity contribution in [2.75, 3.05) is 22.9 Å². The van der Waals surface area contributed by atoms with E-state index in [1.54, 1.807) is 0 Å². The van der Waals surface area contributed by atoms with Gasteiger partial charge in [-0.25, -0.2) is 4.98 Å². The van der Waals surface area contributed by atoms with E-state index in [4.69, 9.17) is 9.72 Å². The molecular weight excluding hydrogens is 628 g/mol. The predicted octanol–water partition coefficient (Wildman–Crippen LogP) is 6.95. The zero-order valence-electron chi connectivity index (χ0n) is 26.1. The van der Waals surface area contributed by atoms with Crippen LogP contribution in [0.3, 0.4) is 0 Å². The van der Waals surface area contributed by atoms with E-state index in [2.05, 4.69) is 20.3 Å². The fraction of sp³-hybridized carbons (Fsp3) is 0.469. The number of carbonyl (C=O) groups is 1. The van der Waals surface area contributed by atoms with Gasteiger partial charge >= 0.3 is 18.3 Å². The van der Waals surface area contributed by atoms with Crippen LogP contribution < -0.4 is 9.80 Å². The molecule has 0 N–H and O–H groups in total. The first-order valence-electron chi connectivity index (χ1n) is 15.3. The van der Waals surface area contributed by atoms with Crippen molar-refractivity contribution in [1.82, 2.24) is 25.2 Å². The number of para-hydroxylation sites is 1. The Hall–Kier alpha value is -4.43. The van der Waals surface area contributed by atoms with Crippen molar-refractivity contribution in [3.05, 3.63) is 70.8 Å². The number of carbonyl (C=O) groups excluding carboxylic acids is 1. The first-order valence-corrected chi connectivity index (χ1v) is 15.3. The fourth-order valence-electron chi connectivity index (χ4n) is 6.02. The van der Waals surface area contributed by atoms with Crippen LogP contribution in [0.1, 0.15) is 61.8 Å². The maximum Gasteiger partial charge on any atom is 0.416 e. The lowest BCUT2D eigenvalue weighted by molar-refractivity contribution is -0.148. The second-order valence-corrected chi connectivity index (χ2v) is 11.8. The number of tetrazole rings is 1. The van der Waals surface area contributed by atoms with E-state index in [0.717, 1.165) is 36.6 Å². The van der Waals surface area contributed by atoms with Gasteiger partial charge in [0.2, 0.25) is 0 Å². The summed E-state index contributed by atoms with van der Waals surface area (Å²) in [6, 6.07) is 10.9. The molecule has 0 spiro atoms. The number of benzene rings is 2. The topological polar surface area (TPSA) is 89.3 Å². The second-order valence-electron chi connectivity index (χ2n) is 11.8. The summed E-state index contributed by atoms with van der Waals surface area (Å²) in [7, 11) is 1.51. The first kappa shape index (κ1) is 33.9. The number of pyridine rings is 1. The smallest absolute Gasteiger partial charge is 0.416 e. The molecule has 0 aliphatic heterocycles. The van der Waals surface area contributed by atoms with Crippen molar-refractivity contribution in [2.24, 2.45) is 13.0 Å². The highest BCUT2D eigenvalue weighted by molar-refractivity contribution is 5.82. The number of hydrogen-bond acceptors (Lipinski definition) is 8. The number of aryl methyl sites for hydroxylation is 1. The lowest BCUT2D eigenvalue weighted by Crippen LogP contribution is -2.35. The lowest BCUT2D eigenvalue weighted by Gasteiger charge is -2.34. The van der Waals surface area contributed by atoms with Crippen molar-refractivity contribution in [3.8, 4) is 0 Å². The van der Waals surface area contributed by atoms with E-state index < -0.39 is 23.5 Å². The Morgan fingerprint density at radius 1 is 0.936 bits per heavy atom. The maximum absolute atomic E-state index is 13.7. The van der Waals surface area contributed by atoms with Gasteiger partial charge in [0.25, 0.3) is 5.95 Å². The maximum atomic E-state index is 13.7. The van der Waals surface area contributed by atoms with Crippen molar-refractivity contribution in [2.45, 2.75) is 71.1 Å². The highest BCUT2D eigenvalue weighted by Gasteiger charge is 2.37. The van der Waals surface area contributed by atoms with Crippen molar-refractivity contribution >= 4 is 28.6 Å². The molecule has 47 heavy (non-hydrogen) atoms. The molecule has 0 atom stereocenters. The van der Waals surface area contributed by atoms with Gasteiger partial charge in [-0.2, -0.15) is 31.1 Å². The minimum Gasteiger partial charge on any atom is -0.463 e. The number of fused-ring (bicyclic) bond motifs is 1. The van der Waals surface area contributed by atoms with Crippen LogP contribution in [-0.2, 0) is 42.0 Å². The standard InChI is InChI=1S/C32H35F6N7O2/c1-4-44(17-21-9-11-27(12-10-21)47-20(2)46)29-24(15-23-7-5-6-8-28(23)39-29)19-45(30-40-42-43(3)41-30)18-22-13-25(31(33,34)35)16-26(14-22)32(36,37)38/h5-8,13-16,21,27H,4,9-12,17-19H2,1-3H3. The van der Waals surface area contributed by atoms with E-state index in [1.165, 1.54) is 23.7 Å². The van der Waals surface area contributed by atoms with Crippen molar-refractivity contribution in [1.29, 1.82) is 0 Å². The van der Waals surface area contributed by atoms with Crippen LogP contribution in [0.4, 0.5) is 38.1 Å². The third kappa shape index (κ3) is 8.49. The van der Waals surface area contributed by atoms with Crippen LogP contribution >= 0.6 is 0 Å². The molecule has 0 radical (unpaired) electrons. The van der Waals surface area contributed by atoms with E-state index in [9.17, 15) is 31.1 Å². The summed E-state index contributed by atoms with van der Waals surface area (Å²) in [5, 5.41) is 12.9. The molecule has 1 aliphatic carbocycles. The van der Waals surface area contributed by atoms with Crippen LogP contribution in [0.25, 0.3) is 10.9 Å². The molecule has 15 heteroatoms.